The van der Waals surface area contributed by atoms with Crippen molar-refractivity contribution in [1.29, 1.82) is 0 Å². The number of fused-ring (bicyclic) bond motifs is 1. The van der Waals surface area contributed by atoms with E-state index >= 15 is 0 Å². The third-order valence-electron chi connectivity index (χ3n) is 3.07. The summed E-state index contributed by atoms with van der Waals surface area (Å²) in [5.74, 6) is -0.885. The predicted molar refractivity (Wildman–Crippen MR) is 65.0 cm³/mol. The second-order valence-corrected chi connectivity index (χ2v) is 4.50. The molecule has 2 aliphatic rings. The number of aliphatic imine (C=N–C) groups is 1. The molecule has 0 saturated carbocycles. The predicted octanol–water partition coefficient (Wildman–Crippen LogP) is -0.352. The number of ether oxygens (including phenoxy) is 5. The Labute approximate surface area is 116 Å². The molecule has 0 aromatic carbocycles. The van der Waals surface area contributed by atoms with Gasteiger partial charge >= 0.3 is 11.9 Å². The molecule has 0 spiro atoms. The van der Waals surface area contributed by atoms with Crippen molar-refractivity contribution in [3.63, 3.8) is 0 Å². The molecule has 0 N–H and O–H groups in total. The van der Waals surface area contributed by atoms with Gasteiger partial charge in [-0.2, -0.15) is 0 Å². The van der Waals surface area contributed by atoms with E-state index in [1.54, 1.807) is 0 Å². The zero-order valence-electron chi connectivity index (χ0n) is 11.5. The largest absolute Gasteiger partial charge is 0.463 e. The number of hydrogen-bond acceptors (Lipinski definition) is 8. The summed E-state index contributed by atoms with van der Waals surface area (Å²) in [7, 11) is 1.46. The van der Waals surface area contributed by atoms with Crippen molar-refractivity contribution in [1.82, 2.24) is 0 Å². The Morgan fingerprint density at radius 2 is 2.00 bits per heavy atom. The Kier molecular flexibility index (Phi) is 4.56. The van der Waals surface area contributed by atoms with Crippen LogP contribution in [0.25, 0.3) is 0 Å². The summed E-state index contributed by atoms with van der Waals surface area (Å²) in [6, 6.07) is -0.488. The number of rotatable bonds is 4. The van der Waals surface area contributed by atoms with Crippen molar-refractivity contribution in [2.75, 3.05) is 13.7 Å². The summed E-state index contributed by atoms with van der Waals surface area (Å²) >= 11 is 0. The lowest BCUT2D eigenvalue weighted by Gasteiger charge is -2.40. The van der Waals surface area contributed by atoms with Gasteiger partial charge in [-0.25, -0.2) is 4.99 Å². The average molecular weight is 287 g/mol. The van der Waals surface area contributed by atoms with E-state index in [1.807, 2.05) is 0 Å². The number of carbonyl (C=O) groups excluding carboxylic acids is 2. The minimum Gasteiger partial charge on any atom is -0.463 e. The van der Waals surface area contributed by atoms with Crippen molar-refractivity contribution in [3.8, 4) is 0 Å². The minimum atomic E-state index is -0.675. The number of carbonyl (C=O) groups is 2. The Hall–Kier alpha value is -1.67. The van der Waals surface area contributed by atoms with E-state index in [-0.39, 0.29) is 6.61 Å². The molecule has 2 aliphatic heterocycles. The molecule has 8 heteroatoms. The van der Waals surface area contributed by atoms with Crippen LogP contribution < -0.4 is 0 Å². The first-order valence-electron chi connectivity index (χ1n) is 6.19. The van der Waals surface area contributed by atoms with E-state index in [0.717, 1.165) is 0 Å². The number of nitrogens with zero attached hydrogens (tertiary/aromatic N) is 1. The van der Waals surface area contributed by atoms with Gasteiger partial charge in [0, 0.05) is 21.0 Å². The van der Waals surface area contributed by atoms with Gasteiger partial charge < -0.3 is 23.7 Å². The van der Waals surface area contributed by atoms with Crippen LogP contribution >= 0.6 is 0 Å². The van der Waals surface area contributed by atoms with Crippen LogP contribution in [0.1, 0.15) is 13.8 Å². The Morgan fingerprint density at radius 3 is 2.60 bits per heavy atom. The highest BCUT2D eigenvalue weighted by Crippen LogP contribution is 2.30. The van der Waals surface area contributed by atoms with Crippen molar-refractivity contribution >= 4 is 18.3 Å². The molecule has 1 saturated heterocycles. The second kappa shape index (κ2) is 6.19. The first-order chi connectivity index (χ1) is 9.52. The topological polar surface area (TPSA) is 92.7 Å². The van der Waals surface area contributed by atoms with Crippen LogP contribution in [-0.2, 0) is 33.3 Å². The van der Waals surface area contributed by atoms with Gasteiger partial charge in [0.25, 0.3) is 0 Å². The van der Waals surface area contributed by atoms with Crippen LogP contribution in [-0.4, -0.2) is 62.7 Å². The van der Waals surface area contributed by atoms with Gasteiger partial charge in [0.2, 0.25) is 6.29 Å². The first-order valence-corrected chi connectivity index (χ1v) is 6.19. The molecule has 20 heavy (non-hydrogen) atoms. The van der Waals surface area contributed by atoms with Crippen LogP contribution in [0.15, 0.2) is 4.99 Å². The molecule has 3 unspecified atom stereocenters. The third kappa shape index (κ3) is 3.07. The lowest BCUT2D eigenvalue weighted by atomic mass is 9.97. The monoisotopic (exact) mass is 287 g/mol. The van der Waals surface area contributed by atoms with E-state index in [9.17, 15) is 9.59 Å². The smallest absolute Gasteiger partial charge is 0.303 e. The highest BCUT2D eigenvalue weighted by atomic mass is 16.7. The first kappa shape index (κ1) is 14.7. The summed E-state index contributed by atoms with van der Waals surface area (Å²) in [5, 5.41) is 0. The van der Waals surface area contributed by atoms with Gasteiger partial charge in [-0.1, -0.05) is 0 Å². The molecule has 5 atom stereocenters. The van der Waals surface area contributed by atoms with E-state index in [4.69, 9.17) is 23.7 Å². The number of methoxy groups -OCH3 is 1. The SMILES string of the molecule is CO[C@@H]1C(COC(C)=O)O[C@H]2OC=NC2C1OC(C)=O. The van der Waals surface area contributed by atoms with Gasteiger partial charge in [-0.3, -0.25) is 9.59 Å². The summed E-state index contributed by atoms with van der Waals surface area (Å²) in [5.41, 5.74) is 0. The van der Waals surface area contributed by atoms with E-state index in [2.05, 4.69) is 4.99 Å². The van der Waals surface area contributed by atoms with Gasteiger partial charge in [0.15, 0.2) is 18.5 Å². The molecule has 2 heterocycles. The highest BCUT2D eigenvalue weighted by Gasteiger charge is 2.51. The maximum Gasteiger partial charge on any atom is 0.303 e. The second-order valence-electron chi connectivity index (χ2n) is 4.50. The van der Waals surface area contributed by atoms with Crippen LogP contribution in [0.4, 0.5) is 0 Å². The fourth-order valence-electron chi connectivity index (χ4n) is 2.27. The number of hydrogen-bond donors (Lipinski definition) is 0. The summed E-state index contributed by atoms with van der Waals surface area (Å²) in [6.45, 7) is 2.59. The Bertz CT molecular complexity index is 411. The van der Waals surface area contributed by atoms with E-state index < -0.39 is 42.6 Å². The molecular formula is C12H17NO7. The zero-order chi connectivity index (χ0) is 14.7. The van der Waals surface area contributed by atoms with Crippen molar-refractivity contribution in [2.24, 2.45) is 4.99 Å². The zero-order valence-corrected chi connectivity index (χ0v) is 11.5. The maximum atomic E-state index is 11.2. The van der Waals surface area contributed by atoms with E-state index in [0.29, 0.717) is 0 Å². The standard InChI is InChI=1S/C12H17NO7/c1-6(14)17-4-8-10(16-3)11(19-7(2)15)9-12(20-8)18-5-13-9/h5,8-12H,4H2,1-3H3/t8?,9?,10-,11?,12-/m1/s1. The molecule has 0 bridgehead atoms. The molecule has 0 radical (unpaired) electrons. The van der Waals surface area contributed by atoms with Gasteiger partial charge in [-0.05, 0) is 0 Å². The van der Waals surface area contributed by atoms with Crippen LogP contribution in [0.3, 0.4) is 0 Å². The van der Waals surface area contributed by atoms with Crippen LogP contribution in [0.2, 0.25) is 0 Å². The molecule has 112 valence electrons. The molecule has 0 amide bonds. The van der Waals surface area contributed by atoms with Crippen molar-refractivity contribution in [3.05, 3.63) is 0 Å². The quantitative estimate of drug-likeness (QED) is 0.652. The Morgan fingerprint density at radius 1 is 1.25 bits per heavy atom. The summed E-state index contributed by atoms with van der Waals surface area (Å²) < 4.78 is 26.4. The van der Waals surface area contributed by atoms with Crippen LogP contribution in [0, 0.1) is 0 Å². The molecule has 0 aromatic heterocycles. The van der Waals surface area contributed by atoms with Gasteiger partial charge in [-0.15, -0.1) is 0 Å². The van der Waals surface area contributed by atoms with Crippen LogP contribution in [0.5, 0.6) is 0 Å². The van der Waals surface area contributed by atoms with E-state index in [1.165, 1.54) is 27.4 Å². The lowest BCUT2D eigenvalue weighted by molar-refractivity contribution is -0.247. The van der Waals surface area contributed by atoms with Gasteiger partial charge in [0.1, 0.15) is 18.8 Å². The molecule has 2 rings (SSSR count). The summed E-state index contributed by atoms with van der Waals surface area (Å²) in [6.07, 6.45) is -1.27. The maximum absolute atomic E-state index is 11.2. The number of esters is 2. The Balaban J connectivity index is 2.13. The molecular weight excluding hydrogens is 270 g/mol. The fraction of sp³-hybridized carbons (Fsp3) is 0.750. The third-order valence-corrected chi connectivity index (χ3v) is 3.07. The average Bonchev–Trinajstić information content (AvgIpc) is 2.83. The molecule has 0 aliphatic carbocycles. The lowest BCUT2D eigenvalue weighted by Crippen LogP contribution is -2.59. The summed E-state index contributed by atoms with van der Waals surface area (Å²) in [4.78, 5) is 26.2. The fourth-order valence-corrected chi connectivity index (χ4v) is 2.27. The molecule has 0 aromatic rings. The highest BCUT2D eigenvalue weighted by molar-refractivity contribution is 5.66. The molecule has 8 nitrogen and oxygen atoms in total. The van der Waals surface area contributed by atoms with Gasteiger partial charge in [0.05, 0.1) is 0 Å². The normalized spacial score (nSPS) is 35.0. The minimum absolute atomic E-state index is 0.0157. The molecule has 1 fully saturated rings. The van der Waals surface area contributed by atoms with Crippen molar-refractivity contribution < 1.29 is 33.3 Å². The van der Waals surface area contributed by atoms with Crippen molar-refractivity contribution in [2.45, 2.75) is 44.5 Å².